The van der Waals surface area contributed by atoms with Crippen molar-refractivity contribution < 1.29 is 0 Å². The van der Waals surface area contributed by atoms with Gasteiger partial charge in [-0.1, -0.05) is 6.92 Å². The summed E-state index contributed by atoms with van der Waals surface area (Å²) >= 11 is 6.00. The van der Waals surface area contributed by atoms with Gasteiger partial charge in [-0.15, -0.1) is 11.6 Å². The van der Waals surface area contributed by atoms with Crippen LogP contribution < -0.4 is 0 Å². The molecule has 1 aliphatic rings. The quantitative estimate of drug-likeness (QED) is 0.788. The van der Waals surface area contributed by atoms with Crippen molar-refractivity contribution in [2.24, 2.45) is 12.5 Å². The SMILES string of the molecule is Cc1nn(C)c2c1nc(CCl)n2CC1(C)CC1. The zero-order valence-electron chi connectivity index (χ0n) is 10.5. The Kier molecular flexibility index (Phi) is 2.27. The Morgan fingerprint density at radius 3 is 2.71 bits per heavy atom. The number of nitrogens with zero attached hydrogens (tertiary/aromatic N) is 4. The number of aromatic nitrogens is 4. The zero-order chi connectivity index (χ0) is 12.2. The minimum atomic E-state index is 0.437. The Morgan fingerprint density at radius 1 is 1.41 bits per heavy atom. The van der Waals surface area contributed by atoms with Crippen LogP contribution in [0.25, 0.3) is 11.2 Å². The molecule has 0 aliphatic heterocycles. The molecule has 5 heteroatoms. The van der Waals surface area contributed by atoms with Crippen molar-refractivity contribution in [3.05, 3.63) is 11.5 Å². The first-order valence-corrected chi connectivity index (χ1v) is 6.52. The molecular formula is C12H17ClN4. The molecule has 0 amide bonds. The summed E-state index contributed by atoms with van der Waals surface area (Å²) in [6.45, 7) is 5.32. The topological polar surface area (TPSA) is 35.6 Å². The lowest BCUT2D eigenvalue weighted by Crippen LogP contribution is -2.12. The largest absolute Gasteiger partial charge is 0.311 e. The molecule has 0 saturated heterocycles. The molecule has 2 aromatic rings. The molecule has 4 nitrogen and oxygen atoms in total. The van der Waals surface area contributed by atoms with E-state index in [1.54, 1.807) is 0 Å². The summed E-state index contributed by atoms with van der Waals surface area (Å²) in [6, 6.07) is 0. The van der Waals surface area contributed by atoms with Crippen molar-refractivity contribution >= 4 is 22.8 Å². The lowest BCUT2D eigenvalue weighted by molar-refractivity contribution is 0.459. The average Bonchev–Trinajstić information content (AvgIpc) is 2.79. The fourth-order valence-electron chi connectivity index (χ4n) is 2.40. The first kappa shape index (κ1) is 11.1. The van der Waals surface area contributed by atoms with Crippen LogP contribution in [0.3, 0.4) is 0 Å². The number of fused-ring (bicyclic) bond motifs is 1. The molecule has 1 aliphatic carbocycles. The molecule has 0 spiro atoms. The second-order valence-corrected chi connectivity index (χ2v) is 5.71. The van der Waals surface area contributed by atoms with Crippen molar-refractivity contribution in [3.63, 3.8) is 0 Å². The minimum Gasteiger partial charge on any atom is -0.311 e. The third-order valence-electron chi connectivity index (χ3n) is 3.73. The Labute approximate surface area is 106 Å². The van der Waals surface area contributed by atoms with E-state index in [-0.39, 0.29) is 0 Å². The van der Waals surface area contributed by atoms with Gasteiger partial charge in [0.2, 0.25) is 0 Å². The number of hydrogen-bond donors (Lipinski definition) is 0. The summed E-state index contributed by atoms with van der Waals surface area (Å²) in [7, 11) is 1.97. The Balaban J connectivity index is 2.18. The van der Waals surface area contributed by atoms with E-state index in [1.165, 1.54) is 12.8 Å². The summed E-state index contributed by atoms with van der Waals surface area (Å²) < 4.78 is 4.16. The maximum absolute atomic E-state index is 6.00. The minimum absolute atomic E-state index is 0.437. The molecule has 0 N–H and O–H groups in total. The van der Waals surface area contributed by atoms with E-state index in [9.17, 15) is 0 Å². The number of rotatable bonds is 3. The second kappa shape index (κ2) is 3.48. The highest BCUT2D eigenvalue weighted by atomic mass is 35.5. The van der Waals surface area contributed by atoms with Gasteiger partial charge in [0.15, 0.2) is 5.65 Å². The number of halogens is 1. The monoisotopic (exact) mass is 252 g/mol. The normalized spacial score (nSPS) is 17.9. The number of alkyl halides is 1. The van der Waals surface area contributed by atoms with Crippen LogP contribution in [0.4, 0.5) is 0 Å². The lowest BCUT2D eigenvalue weighted by Gasteiger charge is -2.12. The van der Waals surface area contributed by atoms with Crippen molar-refractivity contribution in [1.82, 2.24) is 19.3 Å². The number of aryl methyl sites for hydroxylation is 2. The Hall–Kier alpha value is -1.03. The van der Waals surface area contributed by atoms with Gasteiger partial charge in [0.1, 0.15) is 11.3 Å². The molecule has 2 aromatic heterocycles. The van der Waals surface area contributed by atoms with Gasteiger partial charge in [0, 0.05) is 13.6 Å². The van der Waals surface area contributed by atoms with E-state index in [1.807, 2.05) is 18.7 Å². The summed E-state index contributed by atoms with van der Waals surface area (Å²) in [5.41, 5.74) is 3.51. The third kappa shape index (κ3) is 1.66. The van der Waals surface area contributed by atoms with Crippen LogP contribution in [0, 0.1) is 12.3 Å². The van der Waals surface area contributed by atoms with Gasteiger partial charge in [-0.3, -0.25) is 4.68 Å². The maximum atomic E-state index is 6.00. The molecule has 1 saturated carbocycles. The summed E-state index contributed by atoms with van der Waals surface area (Å²) in [5, 5.41) is 4.43. The second-order valence-electron chi connectivity index (χ2n) is 5.44. The molecule has 0 atom stereocenters. The first-order chi connectivity index (χ1) is 8.04. The van der Waals surface area contributed by atoms with Gasteiger partial charge in [0.05, 0.1) is 11.6 Å². The van der Waals surface area contributed by atoms with E-state index < -0.39 is 0 Å². The van der Waals surface area contributed by atoms with E-state index in [2.05, 4.69) is 21.6 Å². The Bertz CT molecular complexity index is 577. The number of imidazole rings is 1. The van der Waals surface area contributed by atoms with E-state index in [0.29, 0.717) is 11.3 Å². The average molecular weight is 253 g/mol. The Morgan fingerprint density at radius 2 is 2.12 bits per heavy atom. The molecule has 0 aromatic carbocycles. The van der Waals surface area contributed by atoms with E-state index in [0.717, 1.165) is 29.2 Å². The van der Waals surface area contributed by atoms with Crippen molar-refractivity contribution in [2.45, 2.75) is 39.1 Å². The zero-order valence-corrected chi connectivity index (χ0v) is 11.3. The van der Waals surface area contributed by atoms with E-state index in [4.69, 9.17) is 11.6 Å². The van der Waals surface area contributed by atoms with Crippen LogP contribution in [0.15, 0.2) is 0 Å². The first-order valence-electron chi connectivity index (χ1n) is 5.99. The van der Waals surface area contributed by atoms with Crippen molar-refractivity contribution in [2.75, 3.05) is 0 Å². The van der Waals surface area contributed by atoms with Gasteiger partial charge in [-0.05, 0) is 25.2 Å². The number of hydrogen-bond acceptors (Lipinski definition) is 2. The molecule has 92 valence electrons. The van der Waals surface area contributed by atoms with Gasteiger partial charge in [-0.25, -0.2) is 4.98 Å². The molecule has 17 heavy (non-hydrogen) atoms. The summed E-state index contributed by atoms with van der Waals surface area (Å²) in [6.07, 6.45) is 2.59. The van der Waals surface area contributed by atoms with Crippen molar-refractivity contribution in [1.29, 1.82) is 0 Å². The molecular weight excluding hydrogens is 236 g/mol. The predicted octanol–water partition coefficient (Wildman–Crippen LogP) is 2.62. The fourth-order valence-corrected chi connectivity index (χ4v) is 2.61. The molecule has 2 heterocycles. The summed E-state index contributed by atoms with van der Waals surface area (Å²) in [5.74, 6) is 1.43. The van der Waals surface area contributed by atoms with Crippen molar-refractivity contribution in [3.8, 4) is 0 Å². The smallest absolute Gasteiger partial charge is 0.158 e. The van der Waals surface area contributed by atoms with Gasteiger partial charge in [-0.2, -0.15) is 5.10 Å². The molecule has 0 bridgehead atoms. The maximum Gasteiger partial charge on any atom is 0.158 e. The highest BCUT2D eigenvalue weighted by molar-refractivity contribution is 6.16. The van der Waals surface area contributed by atoms with Gasteiger partial charge in [0.25, 0.3) is 0 Å². The molecule has 0 radical (unpaired) electrons. The van der Waals surface area contributed by atoms with Crippen LogP contribution in [0.5, 0.6) is 0 Å². The highest BCUT2D eigenvalue weighted by Gasteiger charge is 2.38. The van der Waals surface area contributed by atoms with Crippen LogP contribution >= 0.6 is 11.6 Å². The van der Waals surface area contributed by atoms with Gasteiger partial charge < -0.3 is 4.57 Å². The molecule has 1 fully saturated rings. The van der Waals surface area contributed by atoms with Crippen LogP contribution in [0.1, 0.15) is 31.3 Å². The molecule has 0 unspecified atom stereocenters. The highest BCUT2D eigenvalue weighted by Crippen LogP contribution is 2.47. The molecule has 3 rings (SSSR count). The van der Waals surface area contributed by atoms with Crippen LogP contribution in [0.2, 0.25) is 0 Å². The van der Waals surface area contributed by atoms with Crippen LogP contribution in [-0.2, 0) is 19.5 Å². The van der Waals surface area contributed by atoms with Crippen LogP contribution in [-0.4, -0.2) is 19.3 Å². The third-order valence-corrected chi connectivity index (χ3v) is 3.97. The lowest BCUT2D eigenvalue weighted by atomic mass is 10.1. The van der Waals surface area contributed by atoms with E-state index >= 15 is 0 Å². The standard InChI is InChI=1S/C12H17ClN4/c1-8-10-11(16(3)15-8)17(9(6-13)14-10)7-12(2)4-5-12/h4-7H2,1-3H3. The predicted molar refractivity (Wildman–Crippen MR) is 68.1 cm³/mol. The fraction of sp³-hybridized carbons (Fsp3) is 0.667. The summed E-state index contributed by atoms with van der Waals surface area (Å²) in [4.78, 5) is 4.61. The van der Waals surface area contributed by atoms with Gasteiger partial charge >= 0.3 is 0 Å².